The van der Waals surface area contributed by atoms with Crippen molar-refractivity contribution < 1.29 is 32.6 Å². The molecule has 4 aliphatic rings. The van der Waals surface area contributed by atoms with Gasteiger partial charge in [0.1, 0.15) is 29.0 Å². The van der Waals surface area contributed by atoms with Crippen LogP contribution in [0.15, 0.2) is 63.4 Å². The molecule has 1 spiro atoms. The van der Waals surface area contributed by atoms with Gasteiger partial charge in [-0.1, -0.05) is 13.5 Å². The fourth-order valence-corrected chi connectivity index (χ4v) is 6.34. The van der Waals surface area contributed by atoms with Crippen LogP contribution in [0.4, 0.5) is 0 Å². The number of rotatable bonds is 2. The van der Waals surface area contributed by atoms with E-state index >= 15 is 0 Å². The Hall–Kier alpha value is -2.90. The van der Waals surface area contributed by atoms with Gasteiger partial charge in [0.2, 0.25) is 6.29 Å². The summed E-state index contributed by atoms with van der Waals surface area (Å²) in [5.41, 5.74) is -1.32. The number of fused-ring (bicyclic) bond motifs is 2. The van der Waals surface area contributed by atoms with Crippen molar-refractivity contribution in [2.24, 2.45) is 17.3 Å². The third-order valence-corrected chi connectivity index (χ3v) is 7.92. The molecule has 32 heavy (non-hydrogen) atoms. The lowest BCUT2D eigenvalue weighted by Crippen LogP contribution is -2.59. The summed E-state index contributed by atoms with van der Waals surface area (Å²) < 4.78 is 30.0. The van der Waals surface area contributed by atoms with Crippen LogP contribution in [0.5, 0.6) is 0 Å². The first-order valence-corrected chi connectivity index (χ1v) is 10.9. The van der Waals surface area contributed by atoms with E-state index in [0.717, 1.165) is 6.42 Å². The Morgan fingerprint density at radius 2 is 1.91 bits per heavy atom. The number of carbonyl (C=O) groups is 2. The largest absolute Gasteiger partial charge is 0.465 e. The van der Waals surface area contributed by atoms with Crippen LogP contribution in [0.3, 0.4) is 0 Å². The predicted molar refractivity (Wildman–Crippen MR) is 111 cm³/mol. The van der Waals surface area contributed by atoms with Crippen molar-refractivity contribution in [3.8, 4) is 0 Å². The Kier molecular flexibility index (Phi) is 4.05. The molecular weight excluding hydrogens is 412 g/mol. The SMILES string of the molecule is C=C1C(=O)O[C@@H]2[C@H]1CC[C@H](C)[C@]13OC(c4ccco4)O[C@H]1/C(=C\c1ccco1)C(=O)[C@@]23C. The van der Waals surface area contributed by atoms with Crippen LogP contribution in [0, 0.1) is 17.3 Å². The van der Waals surface area contributed by atoms with Gasteiger partial charge in [-0.25, -0.2) is 4.79 Å². The Labute approximate surface area is 185 Å². The van der Waals surface area contributed by atoms with Crippen LogP contribution in [0.25, 0.3) is 6.08 Å². The van der Waals surface area contributed by atoms with E-state index in [1.807, 2.05) is 6.92 Å². The molecule has 0 amide bonds. The smallest absolute Gasteiger partial charge is 0.334 e. The standard InChI is InChI=1S/C25H24O7/c1-13-8-9-16-14(2)22(27)30-20(16)24(3)19(26)17(12-15-6-4-10-28-15)21-25(13,24)32-23(31-21)18-7-5-11-29-18/h4-7,10-13,16,20-21,23H,2,8-9H2,1,3H3/b17-12-/t13-,16-,20+,21-,23?,24-,25-/m0/s1. The molecule has 0 radical (unpaired) electrons. The number of esters is 1. The molecule has 6 rings (SSSR count). The normalized spacial score (nSPS) is 42.0. The van der Waals surface area contributed by atoms with Gasteiger partial charge in [-0.2, -0.15) is 0 Å². The summed E-state index contributed by atoms with van der Waals surface area (Å²) >= 11 is 0. The zero-order chi connectivity index (χ0) is 22.3. The number of furan rings is 2. The number of hydrogen-bond donors (Lipinski definition) is 0. The second-order valence-electron chi connectivity index (χ2n) is 9.36. The van der Waals surface area contributed by atoms with E-state index in [-0.39, 0.29) is 17.6 Å². The zero-order valence-corrected chi connectivity index (χ0v) is 17.9. The molecule has 4 heterocycles. The highest BCUT2D eigenvalue weighted by Gasteiger charge is 2.78. The molecule has 166 valence electrons. The van der Waals surface area contributed by atoms with E-state index in [1.54, 1.807) is 42.9 Å². The molecule has 2 aliphatic heterocycles. The number of Topliss-reactive ketones (excluding diaryl/α,β-unsaturated/α-hetero) is 1. The number of hydrogen-bond acceptors (Lipinski definition) is 7. The minimum Gasteiger partial charge on any atom is -0.465 e. The first-order chi connectivity index (χ1) is 15.4. The van der Waals surface area contributed by atoms with Crippen LogP contribution in [-0.2, 0) is 23.8 Å². The van der Waals surface area contributed by atoms with Gasteiger partial charge < -0.3 is 23.0 Å². The summed E-state index contributed by atoms with van der Waals surface area (Å²) in [6.07, 6.45) is 4.15. The summed E-state index contributed by atoms with van der Waals surface area (Å²) in [6.45, 7) is 7.90. The van der Waals surface area contributed by atoms with Crippen molar-refractivity contribution in [2.75, 3.05) is 0 Å². The van der Waals surface area contributed by atoms with E-state index in [9.17, 15) is 9.59 Å². The third-order valence-electron chi connectivity index (χ3n) is 7.92. The number of ketones is 1. The van der Waals surface area contributed by atoms with Crippen LogP contribution < -0.4 is 0 Å². The van der Waals surface area contributed by atoms with Crippen molar-refractivity contribution >= 4 is 17.8 Å². The van der Waals surface area contributed by atoms with Gasteiger partial charge in [-0.05, 0) is 56.0 Å². The molecule has 2 aliphatic carbocycles. The highest BCUT2D eigenvalue weighted by Crippen LogP contribution is 2.66. The second kappa shape index (κ2) is 6.56. The molecule has 1 unspecified atom stereocenters. The molecule has 2 saturated carbocycles. The molecular formula is C25H24O7. The summed E-state index contributed by atoms with van der Waals surface area (Å²) in [7, 11) is 0. The van der Waals surface area contributed by atoms with Crippen LogP contribution in [0.1, 0.15) is 44.5 Å². The Morgan fingerprint density at radius 3 is 2.62 bits per heavy atom. The van der Waals surface area contributed by atoms with Crippen molar-refractivity contribution in [3.05, 3.63) is 66.0 Å². The van der Waals surface area contributed by atoms with Gasteiger partial charge in [0.05, 0.1) is 12.5 Å². The maximum absolute atomic E-state index is 14.1. The van der Waals surface area contributed by atoms with Crippen LogP contribution in [0.2, 0.25) is 0 Å². The summed E-state index contributed by atoms with van der Waals surface area (Å²) in [4.78, 5) is 26.6. The van der Waals surface area contributed by atoms with E-state index in [4.69, 9.17) is 23.0 Å². The zero-order valence-electron chi connectivity index (χ0n) is 17.9. The highest BCUT2D eigenvalue weighted by atomic mass is 16.8. The highest BCUT2D eigenvalue weighted by molar-refractivity contribution is 6.09. The molecule has 0 N–H and O–H groups in total. The molecule has 2 saturated heterocycles. The maximum Gasteiger partial charge on any atom is 0.334 e. The molecule has 4 fully saturated rings. The molecule has 7 heteroatoms. The van der Waals surface area contributed by atoms with Gasteiger partial charge in [0.15, 0.2) is 11.5 Å². The monoisotopic (exact) mass is 436 g/mol. The van der Waals surface area contributed by atoms with E-state index < -0.39 is 35.5 Å². The van der Waals surface area contributed by atoms with Crippen LogP contribution >= 0.6 is 0 Å². The molecule has 2 aromatic rings. The summed E-state index contributed by atoms with van der Waals surface area (Å²) in [6, 6.07) is 7.11. The fraction of sp³-hybridized carbons (Fsp3) is 0.440. The average Bonchev–Trinajstić information content (AvgIpc) is 3.57. The first kappa shape index (κ1) is 19.8. The lowest BCUT2D eigenvalue weighted by molar-refractivity contribution is -0.193. The van der Waals surface area contributed by atoms with Crippen molar-refractivity contribution in [3.63, 3.8) is 0 Å². The van der Waals surface area contributed by atoms with Gasteiger partial charge >= 0.3 is 5.97 Å². The maximum atomic E-state index is 14.1. The summed E-state index contributed by atoms with van der Waals surface area (Å²) in [5, 5.41) is 0. The first-order valence-electron chi connectivity index (χ1n) is 10.9. The van der Waals surface area contributed by atoms with Crippen LogP contribution in [-0.4, -0.2) is 29.6 Å². The molecule has 0 bridgehead atoms. The minimum atomic E-state index is -1.16. The minimum absolute atomic E-state index is 0.0546. The van der Waals surface area contributed by atoms with E-state index in [2.05, 4.69) is 13.5 Å². The Morgan fingerprint density at radius 1 is 1.12 bits per heavy atom. The summed E-state index contributed by atoms with van der Waals surface area (Å²) in [5.74, 6) is 0.185. The van der Waals surface area contributed by atoms with Gasteiger partial charge in [0.25, 0.3) is 0 Å². The molecule has 7 nitrogen and oxygen atoms in total. The van der Waals surface area contributed by atoms with E-state index in [0.29, 0.717) is 29.1 Å². The quantitative estimate of drug-likeness (QED) is 0.514. The number of ether oxygens (including phenoxy) is 3. The van der Waals surface area contributed by atoms with Crippen molar-refractivity contribution in [1.29, 1.82) is 0 Å². The average molecular weight is 436 g/mol. The van der Waals surface area contributed by atoms with Gasteiger partial charge in [-0.15, -0.1) is 0 Å². The second-order valence-corrected chi connectivity index (χ2v) is 9.36. The predicted octanol–water partition coefficient (Wildman–Crippen LogP) is 4.23. The lowest BCUT2D eigenvalue weighted by Gasteiger charge is -2.45. The Bertz CT molecular complexity index is 1130. The fourth-order valence-electron chi connectivity index (χ4n) is 6.34. The molecule has 2 aromatic heterocycles. The van der Waals surface area contributed by atoms with E-state index in [1.165, 1.54) is 0 Å². The molecule has 7 atom stereocenters. The van der Waals surface area contributed by atoms with Crippen molar-refractivity contribution in [1.82, 2.24) is 0 Å². The van der Waals surface area contributed by atoms with Gasteiger partial charge in [0, 0.05) is 17.1 Å². The topological polar surface area (TPSA) is 88.1 Å². The van der Waals surface area contributed by atoms with Crippen molar-refractivity contribution in [2.45, 2.75) is 50.8 Å². The molecule has 0 aromatic carbocycles. The lowest BCUT2D eigenvalue weighted by atomic mass is 9.64. The number of carbonyl (C=O) groups excluding carboxylic acids is 2. The Balaban J connectivity index is 1.56. The third kappa shape index (κ3) is 2.27. The van der Waals surface area contributed by atoms with Gasteiger partial charge in [-0.3, -0.25) is 4.79 Å².